The minimum absolute atomic E-state index is 0.157. The molecule has 32 heavy (non-hydrogen) atoms. The lowest BCUT2D eigenvalue weighted by molar-refractivity contribution is -0.150. The molecule has 0 spiro atoms. The molecule has 2 aromatic rings. The number of amides is 3. The van der Waals surface area contributed by atoms with E-state index in [0.29, 0.717) is 11.3 Å². The Labute approximate surface area is 191 Å². The van der Waals surface area contributed by atoms with E-state index in [1.165, 1.54) is 4.90 Å². The van der Waals surface area contributed by atoms with Crippen LogP contribution in [-0.2, 0) is 14.3 Å². The molecule has 0 saturated heterocycles. The zero-order valence-corrected chi connectivity index (χ0v) is 19.1. The van der Waals surface area contributed by atoms with Crippen LogP contribution in [-0.4, -0.2) is 55.3 Å². The number of esters is 1. The van der Waals surface area contributed by atoms with Crippen LogP contribution in [0.1, 0.15) is 34.6 Å². The third-order valence-electron chi connectivity index (χ3n) is 4.49. The van der Waals surface area contributed by atoms with Crippen LogP contribution in [0.2, 0.25) is 5.02 Å². The van der Waals surface area contributed by atoms with Gasteiger partial charge < -0.3 is 20.3 Å². The highest BCUT2D eigenvalue weighted by molar-refractivity contribution is 6.33. The second kappa shape index (κ2) is 11.3. The fraction of sp³-hybridized carbons (Fsp3) is 0.304. The standard InChI is InChI=1S/C23H26ClN3O5/c1-14(2)20(26-21(29)17-7-5-6-8-18(17)24)23(31)32-13-19(28)25-16-11-9-15(10-12-16)22(30)27(3)4/h5-12,14,20H,13H2,1-4H3,(H,25,28)(H,26,29)/t20-/m0/s1. The largest absolute Gasteiger partial charge is 0.454 e. The predicted molar refractivity (Wildman–Crippen MR) is 122 cm³/mol. The molecule has 9 heteroatoms. The van der Waals surface area contributed by atoms with Crippen LogP contribution >= 0.6 is 11.6 Å². The first-order valence-electron chi connectivity index (χ1n) is 9.93. The van der Waals surface area contributed by atoms with Crippen molar-refractivity contribution < 1.29 is 23.9 Å². The second-order valence-electron chi connectivity index (χ2n) is 7.61. The van der Waals surface area contributed by atoms with Gasteiger partial charge in [-0.15, -0.1) is 0 Å². The Balaban J connectivity index is 1.92. The van der Waals surface area contributed by atoms with E-state index in [1.807, 2.05) is 0 Å². The number of nitrogens with one attached hydrogen (secondary N) is 2. The molecule has 2 N–H and O–H groups in total. The Kier molecular flexibility index (Phi) is 8.78. The average Bonchev–Trinajstić information content (AvgIpc) is 2.75. The lowest BCUT2D eigenvalue weighted by Gasteiger charge is -2.21. The number of nitrogens with zero attached hydrogens (tertiary/aromatic N) is 1. The van der Waals surface area contributed by atoms with Gasteiger partial charge in [0, 0.05) is 25.3 Å². The summed E-state index contributed by atoms with van der Waals surface area (Å²) in [5.74, 6) is -2.23. The van der Waals surface area contributed by atoms with E-state index in [2.05, 4.69) is 10.6 Å². The number of hydrogen-bond donors (Lipinski definition) is 2. The lowest BCUT2D eigenvalue weighted by atomic mass is 10.0. The Bertz CT molecular complexity index is 989. The number of benzene rings is 2. The van der Waals surface area contributed by atoms with E-state index < -0.39 is 30.4 Å². The molecule has 0 unspecified atom stereocenters. The maximum atomic E-state index is 12.5. The van der Waals surface area contributed by atoms with E-state index in [1.54, 1.807) is 76.5 Å². The van der Waals surface area contributed by atoms with Gasteiger partial charge in [0.05, 0.1) is 10.6 Å². The number of rotatable bonds is 8. The van der Waals surface area contributed by atoms with Crippen LogP contribution < -0.4 is 10.6 Å². The number of hydrogen-bond acceptors (Lipinski definition) is 5. The number of ether oxygens (including phenoxy) is 1. The summed E-state index contributed by atoms with van der Waals surface area (Å²) in [5.41, 5.74) is 1.17. The van der Waals surface area contributed by atoms with Gasteiger partial charge in [-0.25, -0.2) is 4.79 Å². The Hall–Kier alpha value is -3.39. The molecule has 0 fully saturated rings. The van der Waals surface area contributed by atoms with Gasteiger partial charge in [0.25, 0.3) is 17.7 Å². The van der Waals surface area contributed by atoms with Crippen molar-refractivity contribution in [2.75, 3.05) is 26.0 Å². The van der Waals surface area contributed by atoms with Crippen LogP contribution in [0.25, 0.3) is 0 Å². The molecule has 0 saturated carbocycles. The molecule has 2 rings (SSSR count). The van der Waals surface area contributed by atoms with Crippen LogP contribution in [0.4, 0.5) is 5.69 Å². The van der Waals surface area contributed by atoms with Crippen molar-refractivity contribution in [3.8, 4) is 0 Å². The highest BCUT2D eigenvalue weighted by Gasteiger charge is 2.27. The summed E-state index contributed by atoms with van der Waals surface area (Å²) in [6.07, 6.45) is 0. The van der Waals surface area contributed by atoms with Crippen LogP contribution in [0.15, 0.2) is 48.5 Å². The van der Waals surface area contributed by atoms with Crippen molar-refractivity contribution in [3.63, 3.8) is 0 Å². The summed E-state index contributed by atoms with van der Waals surface area (Å²) < 4.78 is 5.10. The Morgan fingerprint density at radius 3 is 2.19 bits per heavy atom. The molecule has 170 valence electrons. The summed E-state index contributed by atoms with van der Waals surface area (Å²) in [7, 11) is 3.29. The van der Waals surface area contributed by atoms with Crippen LogP contribution in [0.5, 0.6) is 0 Å². The maximum Gasteiger partial charge on any atom is 0.329 e. The number of carbonyl (C=O) groups excluding carboxylic acids is 4. The first-order valence-corrected chi connectivity index (χ1v) is 10.3. The maximum absolute atomic E-state index is 12.5. The molecule has 0 radical (unpaired) electrons. The molecule has 3 amide bonds. The summed E-state index contributed by atoms with van der Waals surface area (Å²) in [4.78, 5) is 50.5. The normalized spacial score (nSPS) is 11.4. The van der Waals surface area contributed by atoms with E-state index in [9.17, 15) is 19.2 Å². The Morgan fingerprint density at radius 2 is 1.62 bits per heavy atom. The van der Waals surface area contributed by atoms with Gasteiger partial charge in [-0.3, -0.25) is 14.4 Å². The summed E-state index contributed by atoms with van der Waals surface area (Å²) in [5, 5.41) is 5.46. The molecule has 2 aromatic carbocycles. The third-order valence-corrected chi connectivity index (χ3v) is 4.82. The van der Waals surface area contributed by atoms with E-state index in [0.717, 1.165) is 0 Å². The van der Waals surface area contributed by atoms with Crippen molar-refractivity contribution in [2.24, 2.45) is 5.92 Å². The number of carbonyl (C=O) groups is 4. The molecule has 0 aliphatic rings. The molecule has 0 bridgehead atoms. The van der Waals surface area contributed by atoms with Crippen molar-refractivity contribution in [3.05, 3.63) is 64.7 Å². The first kappa shape index (κ1) is 24.9. The third kappa shape index (κ3) is 6.81. The van der Waals surface area contributed by atoms with Crippen molar-refractivity contribution in [1.29, 1.82) is 0 Å². The van der Waals surface area contributed by atoms with Gasteiger partial charge in [0.2, 0.25) is 0 Å². The monoisotopic (exact) mass is 459 g/mol. The van der Waals surface area contributed by atoms with Gasteiger partial charge in [0.15, 0.2) is 6.61 Å². The Morgan fingerprint density at radius 1 is 1.00 bits per heavy atom. The molecule has 8 nitrogen and oxygen atoms in total. The summed E-state index contributed by atoms with van der Waals surface area (Å²) in [6.45, 7) is 2.97. The topological polar surface area (TPSA) is 105 Å². The highest BCUT2D eigenvalue weighted by atomic mass is 35.5. The molecule has 0 aromatic heterocycles. The van der Waals surface area contributed by atoms with Crippen LogP contribution in [0.3, 0.4) is 0 Å². The molecule has 0 aliphatic heterocycles. The predicted octanol–water partition coefficient (Wildman–Crippen LogP) is 2.98. The second-order valence-corrected chi connectivity index (χ2v) is 8.02. The van der Waals surface area contributed by atoms with Crippen molar-refractivity contribution in [2.45, 2.75) is 19.9 Å². The molecule has 1 atom stereocenters. The van der Waals surface area contributed by atoms with Gasteiger partial charge in [-0.1, -0.05) is 37.6 Å². The fourth-order valence-corrected chi connectivity index (χ4v) is 2.96. The van der Waals surface area contributed by atoms with Gasteiger partial charge >= 0.3 is 5.97 Å². The van der Waals surface area contributed by atoms with Gasteiger partial charge in [0.1, 0.15) is 6.04 Å². The van der Waals surface area contributed by atoms with E-state index in [4.69, 9.17) is 16.3 Å². The highest BCUT2D eigenvalue weighted by Crippen LogP contribution is 2.16. The minimum Gasteiger partial charge on any atom is -0.454 e. The van der Waals surface area contributed by atoms with E-state index in [-0.39, 0.29) is 22.4 Å². The molecular formula is C23H26ClN3O5. The SMILES string of the molecule is CC(C)[C@H](NC(=O)c1ccccc1Cl)C(=O)OCC(=O)Nc1ccc(C(=O)N(C)C)cc1. The molecule has 0 heterocycles. The van der Waals surface area contributed by atoms with Crippen molar-refractivity contribution >= 4 is 41.0 Å². The summed E-state index contributed by atoms with van der Waals surface area (Å²) >= 11 is 6.03. The molecule has 0 aliphatic carbocycles. The molecular weight excluding hydrogens is 434 g/mol. The quantitative estimate of drug-likeness (QED) is 0.590. The summed E-state index contributed by atoms with van der Waals surface area (Å²) in [6, 6.07) is 11.9. The average molecular weight is 460 g/mol. The number of anilines is 1. The van der Waals surface area contributed by atoms with E-state index >= 15 is 0 Å². The van der Waals surface area contributed by atoms with Gasteiger partial charge in [-0.05, 0) is 42.3 Å². The van der Waals surface area contributed by atoms with Crippen molar-refractivity contribution in [1.82, 2.24) is 10.2 Å². The lowest BCUT2D eigenvalue weighted by Crippen LogP contribution is -2.46. The number of halogens is 1. The van der Waals surface area contributed by atoms with Gasteiger partial charge in [-0.2, -0.15) is 0 Å². The minimum atomic E-state index is -0.956. The van der Waals surface area contributed by atoms with Crippen LogP contribution in [0, 0.1) is 5.92 Å². The first-order chi connectivity index (χ1) is 15.1. The zero-order chi connectivity index (χ0) is 23.8. The smallest absolute Gasteiger partial charge is 0.329 e. The zero-order valence-electron chi connectivity index (χ0n) is 18.3. The fourth-order valence-electron chi connectivity index (χ4n) is 2.74.